The van der Waals surface area contributed by atoms with Crippen molar-refractivity contribution in [2.24, 2.45) is 4.99 Å². The Hall–Kier alpha value is -1.35. The number of halogens is 1. The van der Waals surface area contributed by atoms with Crippen LogP contribution in [-0.2, 0) is 14.3 Å². The monoisotopic (exact) mass is 489 g/mol. The number of guanidine groups is 1. The van der Waals surface area contributed by atoms with E-state index < -0.39 is 0 Å². The van der Waals surface area contributed by atoms with Gasteiger partial charge >= 0.3 is 5.97 Å². The zero-order valence-corrected chi connectivity index (χ0v) is 18.9. The number of hydrogen-bond donors (Lipinski definition) is 1. The van der Waals surface area contributed by atoms with Gasteiger partial charge in [0.25, 0.3) is 0 Å². The lowest BCUT2D eigenvalue weighted by molar-refractivity contribution is -0.143. The van der Waals surface area contributed by atoms with Crippen LogP contribution in [0, 0.1) is 6.92 Å². The van der Waals surface area contributed by atoms with Gasteiger partial charge in [-0.05, 0) is 38.3 Å². The number of aliphatic imine (C=N–C) groups is 1. The van der Waals surface area contributed by atoms with Crippen molar-refractivity contribution in [3.8, 4) is 0 Å². The highest BCUT2D eigenvalue weighted by atomic mass is 127. The maximum atomic E-state index is 11.4. The number of nitrogens with zero attached hydrogens (tertiary/aromatic N) is 2. The number of carbonyl (C=O) groups excluding carboxylic acids is 1. The first-order valence-corrected chi connectivity index (χ1v) is 9.51. The summed E-state index contributed by atoms with van der Waals surface area (Å²) in [5, 5.41) is 3.36. The van der Waals surface area contributed by atoms with E-state index in [0.717, 1.165) is 25.6 Å². The third-order valence-corrected chi connectivity index (χ3v) is 4.34. The summed E-state index contributed by atoms with van der Waals surface area (Å²) in [4.78, 5) is 18.4. The van der Waals surface area contributed by atoms with Gasteiger partial charge in [0.1, 0.15) is 6.10 Å². The van der Waals surface area contributed by atoms with Gasteiger partial charge < -0.3 is 19.7 Å². The van der Waals surface area contributed by atoms with E-state index in [4.69, 9.17) is 9.47 Å². The fourth-order valence-electron chi connectivity index (χ4n) is 3.05. The first-order valence-electron chi connectivity index (χ1n) is 9.51. The van der Waals surface area contributed by atoms with Crippen molar-refractivity contribution in [2.45, 2.75) is 39.7 Å². The molecule has 1 aromatic rings. The molecule has 1 unspecified atom stereocenters. The zero-order valence-electron chi connectivity index (χ0n) is 16.6. The van der Waals surface area contributed by atoms with Crippen LogP contribution in [0.5, 0.6) is 0 Å². The van der Waals surface area contributed by atoms with Crippen LogP contribution in [0.15, 0.2) is 29.3 Å². The third-order valence-electron chi connectivity index (χ3n) is 4.34. The van der Waals surface area contributed by atoms with Crippen LogP contribution >= 0.6 is 24.0 Å². The summed E-state index contributed by atoms with van der Waals surface area (Å²) in [7, 11) is 0. The van der Waals surface area contributed by atoms with E-state index in [1.54, 1.807) is 0 Å². The molecule has 1 fully saturated rings. The van der Waals surface area contributed by atoms with E-state index in [-0.39, 0.29) is 36.0 Å². The van der Waals surface area contributed by atoms with Gasteiger partial charge in [-0.25, -0.2) is 0 Å². The Balaban J connectivity index is 0.00000364. The summed E-state index contributed by atoms with van der Waals surface area (Å²) < 4.78 is 11.0. The summed E-state index contributed by atoms with van der Waals surface area (Å²) in [6.45, 7) is 10.1. The minimum absolute atomic E-state index is 0. The molecule has 2 rings (SSSR count). The van der Waals surface area contributed by atoms with Gasteiger partial charge in [-0.15, -0.1) is 24.0 Å². The second kappa shape index (κ2) is 12.9. The average molecular weight is 489 g/mol. The number of benzene rings is 1. The lowest BCUT2D eigenvalue weighted by atomic mass is 10.0. The first kappa shape index (κ1) is 23.7. The number of carbonyl (C=O) groups is 1. The predicted octanol–water partition coefficient (Wildman–Crippen LogP) is 3.30. The standard InChI is InChI=1S/C20H31N3O3.HI/c1-4-21-20(22-12-8-11-19(24)25-5-2)23-13-14-26-18(15-23)17-10-7-6-9-16(17)3;/h6-7,9-10,18H,4-5,8,11-15H2,1-3H3,(H,21,22);1H. The Bertz CT molecular complexity index is 610. The molecule has 1 atom stereocenters. The van der Waals surface area contributed by atoms with Crippen molar-refractivity contribution in [1.82, 2.24) is 10.2 Å². The maximum absolute atomic E-state index is 11.4. The molecule has 1 N–H and O–H groups in total. The van der Waals surface area contributed by atoms with E-state index >= 15 is 0 Å². The van der Waals surface area contributed by atoms with E-state index in [1.807, 2.05) is 6.92 Å². The molecule has 1 saturated heterocycles. The second-order valence-electron chi connectivity index (χ2n) is 6.31. The van der Waals surface area contributed by atoms with Crippen molar-refractivity contribution in [1.29, 1.82) is 0 Å². The van der Waals surface area contributed by atoms with Crippen molar-refractivity contribution in [2.75, 3.05) is 39.4 Å². The topological polar surface area (TPSA) is 63.2 Å². The van der Waals surface area contributed by atoms with Crippen molar-refractivity contribution in [3.05, 3.63) is 35.4 Å². The molecule has 1 aliphatic rings. The van der Waals surface area contributed by atoms with Gasteiger partial charge in [0.05, 0.1) is 19.8 Å². The van der Waals surface area contributed by atoms with Gasteiger partial charge in [0.15, 0.2) is 5.96 Å². The highest BCUT2D eigenvalue weighted by molar-refractivity contribution is 14.0. The average Bonchev–Trinajstić information content (AvgIpc) is 2.65. The molecule has 1 aromatic carbocycles. The minimum atomic E-state index is -0.154. The van der Waals surface area contributed by atoms with E-state index in [0.29, 0.717) is 32.6 Å². The molecule has 27 heavy (non-hydrogen) atoms. The number of hydrogen-bond acceptors (Lipinski definition) is 4. The highest BCUT2D eigenvalue weighted by Gasteiger charge is 2.25. The molecule has 7 heteroatoms. The Morgan fingerprint density at radius 2 is 2.15 bits per heavy atom. The van der Waals surface area contributed by atoms with Crippen LogP contribution in [0.4, 0.5) is 0 Å². The summed E-state index contributed by atoms with van der Waals surface area (Å²) in [5.41, 5.74) is 2.48. The molecular weight excluding hydrogens is 457 g/mol. The van der Waals surface area contributed by atoms with Crippen molar-refractivity contribution >= 4 is 35.9 Å². The minimum Gasteiger partial charge on any atom is -0.466 e. The quantitative estimate of drug-likeness (QED) is 0.210. The van der Waals surface area contributed by atoms with Gasteiger partial charge in [-0.1, -0.05) is 24.3 Å². The first-order chi connectivity index (χ1) is 12.7. The summed E-state index contributed by atoms with van der Waals surface area (Å²) >= 11 is 0. The van der Waals surface area contributed by atoms with Gasteiger partial charge in [0.2, 0.25) is 0 Å². The lowest BCUT2D eigenvalue weighted by Gasteiger charge is -2.35. The maximum Gasteiger partial charge on any atom is 0.305 e. The predicted molar refractivity (Wildman–Crippen MR) is 119 cm³/mol. The molecule has 0 amide bonds. The molecule has 0 aliphatic carbocycles. The fraction of sp³-hybridized carbons (Fsp3) is 0.600. The molecule has 152 valence electrons. The molecule has 0 aromatic heterocycles. The summed E-state index contributed by atoms with van der Waals surface area (Å²) in [5.74, 6) is 0.733. The Morgan fingerprint density at radius 1 is 1.37 bits per heavy atom. The number of esters is 1. The van der Waals surface area contributed by atoms with E-state index in [2.05, 4.69) is 53.3 Å². The van der Waals surface area contributed by atoms with Crippen LogP contribution in [0.25, 0.3) is 0 Å². The molecule has 1 heterocycles. The van der Waals surface area contributed by atoms with Crippen LogP contribution < -0.4 is 5.32 Å². The number of morpholine rings is 1. The van der Waals surface area contributed by atoms with Crippen LogP contribution in [0.3, 0.4) is 0 Å². The number of ether oxygens (including phenoxy) is 2. The molecule has 0 saturated carbocycles. The van der Waals surface area contributed by atoms with Crippen LogP contribution in [0.2, 0.25) is 0 Å². The van der Waals surface area contributed by atoms with Gasteiger partial charge in [-0.3, -0.25) is 9.79 Å². The number of rotatable bonds is 7. The summed E-state index contributed by atoms with van der Waals surface area (Å²) in [6.07, 6.45) is 1.15. The van der Waals surface area contributed by atoms with Crippen LogP contribution in [-0.4, -0.2) is 56.2 Å². The SMILES string of the molecule is CCNC(=NCCCC(=O)OCC)N1CCOC(c2ccccc2C)C1.I. The van der Waals surface area contributed by atoms with E-state index in [9.17, 15) is 4.79 Å². The molecule has 6 nitrogen and oxygen atoms in total. The molecule has 0 spiro atoms. The zero-order chi connectivity index (χ0) is 18.8. The number of nitrogens with one attached hydrogen (secondary N) is 1. The Labute approximate surface area is 179 Å². The smallest absolute Gasteiger partial charge is 0.305 e. The van der Waals surface area contributed by atoms with Crippen molar-refractivity contribution < 1.29 is 14.3 Å². The third kappa shape index (κ3) is 7.65. The Kier molecular flexibility index (Phi) is 11.3. The van der Waals surface area contributed by atoms with E-state index in [1.165, 1.54) is 11.1 Å². The van der Waals surface area contributed by atoms with Crippen molar-refractivity contribution in [3.63, 3.8) is 0 Å². The molecule has 0 bridgehead atoms. The van der Waals surface area contributed by atoms with Crippen LogP contribution in [0.1, 0.15) is 43.9 Å². The fourth-order valence-corrected chi connectivity index (χ4v) is 3.05. The largest absolute Gasteiger partial charge is 0.466 e. The van der Waals surface area contributed by atoms with Gasteiger partial charge in [0, 0.05) is 26.1 Å². The normalized spacial score (nSPS) is 17.2. The van der Waals surface area contributed by atoms with Gasteiger partial charge in [-0.2, -0.15) is 0 Å². The Morgan fingerprint density at radius 3 is 2.85 bits per heavy atom. The second-order valence-corrected chi connectivity index (χ2v) is 6.31. The molecule has 1 aliphatic heterocycles. The molecular formula is C20H32IN3O3. The molecule has 0 radical (unpaired) electrons. The lowest BCUT2D eigenvalue weighted by Crippen LogP contribution is -2.48. The highest BCUT2D eigenvalue weighted by Crippen LogP contribution is 2.24. The summed E-state index contributed by atoms with van der Waals surface area (Å²) in [6, 6.07) is 8.35. The number of aryl methyl sites for hydroxylation is 1.